The summed E-state index contributed by atoms with van der Waals surface area (Å²) >= 11 is 0. The number of anilines is 2. The second-order valence-corrected chi connectivity index (χ2v) is 6.35. The minimum Gasteiger partial charge on any atom is -0.482 e. The van der Waals surface area contributed by atoms with Gasteiger partial charge in [-0.2, -0.15) is 0 Å². The van der Waals surface area contributed by atoms with Gasteiger partial charge in [-0.3, -0.25) is 14.6 Å². The van der Waals surface area contributed by atoms with Crippen LogP contribution in [0.3, 0.4) is 0 Å². The van der Waals surface area contributed by atoms with E-state index in [-0.39, 0.29) is 25.0 Å². The van der Waals surface area contributed by atoms with Gasteiger partial charge in [0, 0.05) is 35.4 Å². The molecule has 0 fully saturated rings. The van der Waals surface area contributed by atoms with Gasteiger partial charge in [-0.05, 0) is 49.4 Å². The summed E-state index contributed by atoms with van der Waals surface area (Å²) in [5.74, 6) is -0.734. The van der Waals surface area contributed by atoms with E-state index in [0.717, 1.165) is 0 Å². The fraction of sp³-hybridized carbons (Fsp3) is 0.130. The lowest BCUT2D eigenvalue weighted by Gasteiger charge is -2.10. The topological polar surface area (TPSA) is 107 Å². The van der Waals surface area contributed by atoms with Gasteiger partial charge in [0.25, 0.3) is 11.8 Å². The van der Waals surface area contributed by atoms with Crippen LogP contribution in [-0.4, -0.2) is 36.0 Å². The van der Waals surface area contributed by atoms with Gasteiger partial charge in [-0.15, -0.1) is 0 Å². The van der Waals surface area contributed by atoms with Gasteiger partial charge >= 0.3 is 5.97 Å². The average Bonchev–Trinajstić information content (AvgIpc) is 2.79. The molecule has 2 amide bonds. The fourth-order valence-corrected chi connectivity index (χ4v) is 2.65. The lowest BCUT2D eigenvalue weighted by molar-refractivity contribution is -0.145. The number of ether oxygens (including phenoxy) is 2. The van der Waals surface area contributed by atoms with E-state index in [1.807, 2.05) is 0 Å². The van der Waals surface area contributed by atoms with Crippen LogP contribution < -0.4 is 15.4 Å². The van der Waals surface area contributed by atoms with Crippen LogP contribution in [0.15, 0.2) is 73.1 Å². The Balaban J connectivity index is 1.63. The van der Waals surface area contributed by atoms with Crippen LogP contribution in [0.25, 0.3) is 0 Å². The largest absolute Gasteiger partial charge is 0.482 e. The first-order valence-electron chi connectivity index (χ1n) is 9.56. The van der Waals surface area contributed by atoms with E-state index in [0.29, 0.717) is 28.3 Å². The minimum absolute atomic E-state index is 0.218. The highest BCUT2D eigenvalue weighted by molar-refractivity contribution is 6.07. The number of carbonyl (C=O) groups excluding carboxylic acids is 3. The van der Waals surface area contributed by atoms with Gasteiger partial charge in [0.1, 0.15) is 5.75 Å². The lowest BCUT2D eigenvalue weighted by Crippen LogP contribution is -2.15. The molecule has 2 aromatic carbocycles. The normalized spacial score (nSPS) is 10.1. The van der Waals surface area contributed by atoms with E-state index in [9.17, 15) is 14.4 Å². The number of nitrogens with zero attached hydrogens (tertiary/aromatic N) is 1. The van der Waals surface area contributed by atoms with Gasteiger partial charge in [0.05, 0.1) is 12.2 Å². The molecule has 8 heteroatoms. The third kappa shape index (κ3) is 6.40. The molecule has 0 aliphatic carbocycles. The first-order valence-corrected chi connectivity index (χ1v) is 9.56. The Labute approximate surface area is 179 Å². The van der Waals surface area contributed by atoms with E-state index >= 15 is 0 Å². The number of rotatable bonds is 8. The Morgan fingerprint density at radius 2 is 1.55 bits per heavy atom. The van der Waals surface area contributed by atoms with Crippen LogP contribution in [0.5, 0.6) is 5.75 Å². The molecule has 0 radical (unpaired) electrons. The zero-order valence-electron chi connectivity index (χ0n) is 16.8. The summed E-state index contributed by atoms with van der Waals surface area (Å²) in [6.07, 6.45) is 3.04. The first-order chi connectivity index (χ1) is 15.0. The molecule has 0 spiro atoms. The van der Waals surface area contributed by atoms with E-state index < -0.39 is 5.97 Å². The Morgan fingerprint density at radius 3 is 2.26 bits per heavy atom. The van der Waals surface area contributed by atoms with Crippen molar-refractivity contribution in [2.75, 3.05) is 23.8 Å². The molecule has 0 unspecified atom stereocenters. The summed E-state index contributed by atoms with van der Waals surface area (Å²) in [6.45, 7) is 1.78. The number of amides is 2. The van der Waals surface area contributed by atoms with E-state index in [1.165, 1.54) is 6.20 Å². The molecule has 31 heavy (non-hydrogen) atoms. The number of aromatic nitrogens is 1. The summed E-state index contributed by atoms with van der Waals surface area (Å²) in [4.78, 5) is 40.2. The van der Waals surface area contributed by atoms with E-state index in [2.05, 4.69) is 15.6 Å². The maximum atomic E-state index is 12.6. The summed E-state index contributed by atoms with van der Waals surface area (Å²) in [6, 6.07) is 16.6. The van der Waals surface area contributed by atoms with E-state index in [1.54, 1.807) is 73.8 Å². The summed E-state index contributed by atoms with van der Waals surface area (Å²) < 4.78 is 10.2. The minimum atomic E-state index is -0.470. The third-order valence-electron chi connectivity index (χ3n) is 4.06. The van der Waals surface area contributed by atoms with Crippen LogP contribution in [0, 0.1) is 0 Å². The molecule has 0 saturated carbocycles. The molecule has 0 aliphatic rings. The number of nitrogens with one attached hydrogen (secondary N) is 2. The Kier molecular flexibility index (Phi) is 7.31. The predicted octanol–water partition coefficient (Wildman–Crippen LogP) is 3.53. The standard InChI is InChI=1S/C23H21N3O5/c1-2-30-21(27)15-31-20-10-4-9-19(13-20)26-22(28)16-6-3-8-18(12-16)25-23(29)17-7-5-11-24-14-17/h3-14H,2,15H2,1H3,(H,25,29)(H,26,28). The Hall–Kier alpha value is -4.20. The van der Waals surface area contributed by atoms with Gasteiger partial charge in [-0.1, -0.05) is 12.1 Å². The average molecular weight is 419 g/mol. The SMILES string of the molecule is CCOC(=O)COc1cccc(NC(=O)c2cccc(NC(=O)c3cccnc3)c2)c1. The highest BCUT2D eigenvalue weighted by Gasteiger charge is 2.11. The number of pyridine rings is 1. The number of benzene rings is 2. The van der Waals surface area contributed by atoms with E-state index in [4.69, 9.17) is 9.47 Å². The van der Waals surface area contributed by atoms with Crippen LogP contribution in [0.2, 0.25) is 0 Å². The predicted molar refractivity (Wildman–Crippen MR) is 115 cm³/mol. The molecular weight excluding hydrogens is 398 g/mol. The maximum Gasteiger partial charge on any atom is 0.344 e. The van der Waals surface area contributed by atoms with Crippen LogP contribution in [-0.2, 0) is 9.53 Å². The monoisotopic (exact) mass is 419 g/mol. The number of hydrogen-bond acceptors (Lipinski definition) is 6. The number of esters is 1. The third-order valence-corrected chi connectivity index (χ3v) is 4.06. The van der Waals surface area contributed by atoms with Crippen molar-refractivity contribution in [3.63, 3.8) is 0 Å². The fourth-order valence-electron chi connectivity index (χ4n) is 2.65. The number of hydrogen-bond donors (Lipinski definition) is 2. The molecule has 0 aliphatic heterocycles. The molecule has 0 atom stereocenters. The van der Waals surface area contributed by atoms with Crippen LogP contribution in [0.4, 0.5) is 11.4 Å². The molecule has 3 rings (SSSR count). The zero-order chi connectivity index (χ0) is 22.1. The smallest absolute Gasteiger partial charge is 0.344 e. The van der Waals surface area contributed by atoms with Crippen molar-refractivity contribution in [2.45, 2.75) is 6.92 Å². The van der Waals surface area contributed by atoms with Crippen molar-refractivity contribution in [3.8, 4) is 5.75 Å². The molecule has 8 nitrogen and oxygen atoms in total. The second-order valence-electron chi connectivity index (χ2n) is 6.35. The summed E-state index contributed by atoms with van der Waals surface area (Å²) in [5.41, 5.74) is 1.75. The molecular formula is C23H21N3O5. The highest BCUT2D eigenvalue weighted by Crippen LogP contribution is 2.19. The van der Waals surface area contributed by atoms with Crippen molar-refractivity contribution < 1.29 is 23.9 Å². The van der Waals surface area contributed by atoms with Gasteiger partial charge in [0.2, 0.25) is 0 Å². The van der Waals surface area contributed by atoms with Gasteiger partial charge in [0.15, 0.2) is 6.61 Å². The van der Waals surface area contributed by atoms with Gasteiger partial charge in [-0.25, -0.2) is 4.79 Å². The second kappa shape index (κ2) is 10.5. The van der Waals surface area contributed by atoms with Crippen molar-refractivity contribution >= 4 is 29.2 Å². The van der Waals surface area contributed by atoms with Crippen molar-refractivity contribution in [3.05, 3.63) is 84.2 Å². The molecule has 1 aromatic heterocycles. The van der Waals surface area contributed by atoms with Crippen molar-refractivity contribution in [2.24, 2.45) is 0 Å². The van der Waals surface area contributed by atoms with Gasteiger partial charge < -0.3 is 20.1 Å². The van der Waals surface area contributed by atoms with Crippen LogP contribution in [0.1, 0.15) is 27.6 Å². The number of carbonyl (C=O) groups is 3. The van der Waals surface area contributed by atoms with Crippen LogP contribution >= 0.6 is 0 Å². The molecule has 1 heterocycles. The molecule has 3 aromatic rings. The zero-order valence-corrected chi connectivity index (χ0v) is 16.8. The molecule has 158 valence electrons. The van der Waals surface area contributed by atoms with Crippen molar-refractivity contribution in [1.82, 2.24) is 4.98 Å². The summed E-state index contributed by atoms with van der Waals surface area (Å²) in [7, 11) is 0. The molecule has 2 N–H and O–H groups in total. The molecule has 0 saturated heterocycles. The maximum absolute atomic E-state index is 12.6. The quantitative estimate of drug-likeness (QED) is 0.541. The molecule has 0 bridgehead atoms. The first kappa shape index (κ1) is 21.5. The van der Waals surface area contributed by atoms with Crippen molar-refractivity contribution in [1.29, 1.82) is 0 Å². The Bertz CT molecular complexity index is 1070. The lowest BCUT2D eigenvalue weighted by atomic mass is 10.1. The Morgan fingerprint density at radius 1 is 0.871 bits per heavy atom. The summed E-state index contributed by atoms with van der Waals surface area (Å²) in [5, 5.41) is 5.51. The highest BCUT2D eigenvalue weighted by atomic mass is 16.6.